The van der Waals surface area contributed by atoms with Gasteiger partial charge in [0.2, 0.25) is 5.75 Å². The summed E-state index contributed by atoms with van der Waals surface area (Å²) in [4.78, 5) is 0. The lowest BCUT2D eigenvalue weighted by Crippen LogP contribution is -2.27. The number of rotatable bonds is 8. The van der Waals surface area contributed by atoms with Gasteiger partial charge in [0.05, 0.1) is 15.6 Å². The predicted molar refractivity (Wildman–Crippen MR) is 215 cm³/mol. The summed E-state index contributed by atoms with van der Waals surface area (Å²) in [6, 6.07) is 38.8. The Bertz CT molecular complexity index is 2410. The molecule has 6 aromatic carbocycles. The lowest BCUT2D eigenvalue weighted by atomic mass is 10.2. The third-order valence-corrected chi connectivity index (χ3v) is 17.2. The molecule has 0 aromatic heterocycles. The maximum absolute atomic E-state index is 14.6. The van der Waals surface area contributed by atoms with E-state index in [2.05, 4.69) is 46.1 Å². The van der Waals surface area contributed by atoms with Crippen molar-refractivity contribution in [2.45, 2.75) is 26.4 Å². The van der Waals surface area contributed by atoms with Crippen molar-refractivity contribution in [3.05, 3.63) is 148 Å². The molecular weight excluding hydrogens is 902 g/mol. The molecule has 0 amide bonds. The summed E-state index contributed by atoms with van der Waals surface area (Å²) in [5.74, 6) is -0.599. The Kier molecular flexibility index (Phi) is 10.9. The molecule has 0 aliphatic carbocycles. The zero-order valence-electron chi connectivity index (χ0n) is 29.4. The SMILES string of the molecule is CCOc1cc(P(=O)(c2ccccc2)c2ccccc2)c(Br)c2c1OC(F)(F)O2.Cc1cc(P(=O)(c2ccccc2)c2ccccc2)c(Br)c2c1OC(F)(F)O2. The van der Waals surface area contributed by atoms with Gasteiger partial charge in [-0.2, -0.15) is 0 Å². The van der Waals surface area contributed by atoms with Crippen molar-refractivity contribution in [2.75, 3.05) is 6.61 Å². The van der Waals surface area contributed by atoms with Gasteiger partial charge in [-0.3, -0.25) is 0 Å². The third-order valence-electron chi connectivity index (χ3n) is 8.80. The van der Waals surface area contributed by atoms with E-state index in [1.807, 2.05) is 24.3 Å². The first kappa shape index (κ1) is 39.7. The highest BCUT2D eigenvalue weighted by Gasteiger charge is 2.49. The maximum atomic E-state index is 14.6. The van der Waals surface area contributed by atoms with E-state index in [0.717, 1.165) is 0 Å². The van der Waals surface area contributed by atoms with E-state index in [1.54, 1.807) is 117 Å². The van der Waals surface area contributed by atoms with Gasteiger partial charge in [-0.05, 0) is 63.4 Å². The Morgan fingerprint density at radius 1 is 0.536 bits per heavy atom. The van der Waals surface area contributed by atoms with Gasteiger partial charge >= 0.3 is 12.6 Å². The Hall–Kier alpha value is -4.54. The minimum atomic E-state index is -3.83. The van der Waals surface area contributed by atoms with E-state index in [1.165, 1.54) is 6.07 Å². The fourth-order valence-corrected chi connectivity index (χ4v) is 14.1. The number of alkyl halides is 4. The molecule has 0 unspecified atom stereocenters. The molecule has 6 aromatic rings. The largest absolute Gasteiger partial charge is 0.586 e. The second-order valence-electron chi connectivity index (χ2n) is 12.4. The Balaban J connectivity index is 0.000000172. The predicted octanol–water partition coefficient (Wildman–Crippen LogP) is 9.53. The highest BCUT2D eigenvalue weighted by molar-refractivity contribution is 9.11. The first-order valence-corrected chi connectivity index (χ1v) is 22.0. The molecule has 8 rings (SSSR count). The number of aryl methyl sites for hydroxylation is 1. The number of hydrogen-bond acceptors (Lipinski definition) is 7. The van der Waals surface area contributed by atoms with Gasteiger partial charge in [0.15, 0.2) is 37.3 Å². The topological polar surface area (TPSA) is 80.3 Å². The van der Waals surface area contributed by atoms with E-state index >= 15 is 0 Å². The average molecular weight is 932 g/mol. The minimum Gasteiger partial charge on any atom is -0.490 e. The quantitative estimate of drug-likeness (QED) is 0.111. The molecule has 0 saturated carbocycles. The lowest BCUT2D eigenvalue weighted by molar-refractivity contribution is -0.288. The number of fused-ring (bicyclic) bond motifs is 2. The van der Waals surface area contributed by atoms with Crippen LogP contribution in [-0.2, 0) is 9.13 Å². The molecular formula is C41H30Br2F4O7P2. The first-order chi connectivity index (χ1) is 26.7. The molecule has 2 heterocycles. The third kappa shape index (κ3) is 7.26. The molecule has 2 aliphatic rings. The van der Waals surface area contributed by atoms with Crippen LogP contribution in [0.3, 0.4) is 0 Å². The van der Waals surface area contributed by atoms with E-state index in [0.29, 0.717) is 37.4 Å². The highest BCUT2D eigenvalue weighted by Crippen LogP contribution is 2.56. The van der Waals surface area contributed by atoms with Crippen molar-refractivity contribution < 1.29 is 50.4 Å². The lowest BCUT2D eigenvalue weighted by Gasteiger charge is -2.22. The van der Waals surface area contributed by atoms with Crippen LogP contribution in [0.1, 0.15) is 12.5 Å². The molecule has 15 heteroatoms. The van der Waals surface area contributed by atoms with E-state index < -0.39 is 26.9 Å². The Morgan fingerprint density at radius 3 is 1.23 bits per heavy atom. The molecule has 0 saturated heterocycles. The van der Waals surface area contributed by atoms with Crippen molar-refractivity contribution in [1.29, 1.82) is 0 Å². The highest BCUT2D eigenvalue weighted by atomic mass is 79.9. The fraction of sp³-hybridized carbons (Fsp3) is 0.122. The zero-order valence-corrected chi connectivity index (χ0v) is 34.4. The summed E-state index contributed by atoms with van der Waals surface area (Å²) >= 11 is 6.67. The fourth-order valence-electron chi connectivity index (χ4n) is 6.36. The van der Waals surface area contributed by atoms with Crippen LogP contribution in [-0.4, -0.2) is 19.2 Å². The second kappa shape index (κ2) is 15.4. The monoisotopic (exact) mass is 930 g/mol. The standard InChI is InChI=1S/C21H16BrF2O4P.C20H14BrF2O3P/c1-2-26-16-13-17(18(22)20-19(16)27-21(23,24)28-20)29(25,14-9-5-3-6-10-14)15-11-7-4-8-12-15;1-13-12-16(17(21)19-18(13)25-20(22,23)26-19)27(24,14-8-4-2-5-9-14)15-10-6-3-7-11-15/h3-13H,2H2,1H3;2-12H,1H3. The number of halogens is 6. The zero-order chi connectivity index (χ0) is 39.9. The molecule has 0 N–H and O–H groups in total. The summed E-state index contributed by atoms with van der Waals surface area (Å²) in [6.07, 6.45) is -7.59. The molecule has 0 bridgehead atoms. The van der Waals surface area contributed by atoms with E-state index in [4.69, 9.17) is 9.47 Å². The van der Waals surface area contributed by atoms with Crippen LogP contribution in [0.15, 0.2) is 142 Å². The molecule has 0 spiro atoms. The summed E-state index contributed by atoms with van der Waals surface area (Å²) in [7, 11) is -6.79. The summed E-state index contributed by atoms with van der Waals surface area (Å²) in [5.41, 5.74) is 0.424. The van der Waals surface area contributed by atoms with Crippen LogP contribution >= 0.6 is 46.1 Å². The molecule has 0 atom stereocenters. The molecule has 7 nitrogen and oxygen atoms in total. The van der Waals surface area contributed by atoms with Gasteiger partial charge in [-0.25, -0.2) is 0 Å². The Morgan fingerprint density at radius 2 is 0.857 bits per heavy atom. The van der Waals surface area contributed by atoms with Crippen LogP contribution in [0, 0.1) is 6.92 Å². The van der Waals surface area contributed by atoms with E-state index in [-0.39, 0.29) is 44.3 Å². The van der Waals surface area contributed by atoms with Gasteiger partial charge < -0.3 is 32.8 Å². The van der Waals surface area contributed by atoms with E-state index in [9.17, 15) is 26.7 Å². The molecule has 56 heavy (non-hydrogen) atoms. The van der Waals surface area contributed by atoms with Crippen molar-refractivity contribution in [1.82, 2.24) is 0 Å². The van der Waals surface area contributed by atoms with Crippen molar-refractivity contribution in [2.24, 2.45) is 0 Å². The summed E-state index contributed by atoms with van der Waals surface area (Å²) < 4.78 is 108. The maximum Gasteiger partial charge on any atom is 0.586 e. The van der Waals surface area contributed by atoms with Gasteiger partial charge in [0.1, 0.15) is 0 Å². The van der Waals surface area contributed by atoms with Crippen LogP contribution in [0.2, 0.25) is 0 Å². The first-order valence-electron chi connectivity index (χ1n) is 17.0. The van der Waals surface area contributed by atoms with Crippen LogP contribution < -0.4 is 55.5 Å². The minimum absolute atomic E-state index is 0.0463. The second-order valence-corrected chi connectivity index (χ2v) is 19.4. The van der Waals surface area contributed by atoms with Gasteiger partial charge in [0.25, 0.3) is 0 Å². The molecule has 288 valence electrons. The molecule has 0 fully saturated rings. The van der Waals surface area contributed by atoms with Crippen LogP contribution in [0.4, 0.5) is 17.6 Å². The van der Waals surface area contributed by atoms with Gasteiger partial charge in [-0.1, -0.05) is 121 Å². The van der Waals surface area contributed by atoms with Crippen molar-refractivity contribution in [3.8, 4) is 28.7 Å². The molecule has 2 aliphatic heterocycles. The van der Waals surface area contributed by atoms with Gasteiger partial charge in [0, 0.05) is 31.8 Å². The number of ether oxygens (including phenoxy) is 5. The van der Waals surface area contributed by atoms with Gasteiger partial charge in [-0.15, -0.1) is 17.6 Å². The van der Waals surface area contributed by atoms with Crippen molar-refractivity contribution >= 4 is 78.0 Å². The summed E-state index contributed by atoms with van der Waals surface area (Å²) in [5, 5.41) is 2.99. The Labute approximate surface area is 336 Å². The van der Waals surface area contributed by atoms with Crippen LogP contribution in [0.25, 0.3) is 0 Å². The number of benzene rings is 6. The smallest absolute Gasteiger partial charge is 0.490 e. The van der Waals surface area contributed by atoms with Crippen molar-refractivity contribution in [3.63, 3.8) is 0 Å². The number of hydrogen-bond donors (Lipinski definition) is 0. The molecule has 0 radical (unpaired) electrons. The normalized spacial score (nSPS) is 14.8. The van der Waals surface area contributed by atoms with Crippen LogP contribution in [0.5, 0.6) is 28.7 Å². The average Bonchev–Trinajstić information content (AvgIpc) is 3.74. The summed E-state index contributed by atoms with van der Waals surface area (Å²) in [6.45, 7) is 3.55.